The second kappa shape index (κ2) is 5.10. The van der Waals surface area contributed by atoms with E-state index in [1.807, 2.05) is 0 Å². The maximum absolute atomic E-state index is 10.4. The number of hydrogen-bond donors (Lipinski definition) is 1. The minimum absolute atomic E-state index is 0.622. The average molecular weight is 380 g/mol. The van der Waals surface area contributed by atoms with E-state index in [-0.39, 0.29) is 0 Å². The van der Waals surface area contributed by atoms with Gasteiger partial charge in [0, 0.05) is 22.1 Å². The van der Waals surface area contributed by atoms with Crippen molar-refractivity contribution in [2.24, 2.45) is 7.05 Å². The van der Waals surface area contributed by atoms with E-state index in [0.717, 1.165) is 14.5 Å². The third-order valence-corrected chi connectivity index (χ3v) is 3.99. The summed E-state index contributed by atoms with van der Waals surface area (Å²) in [7, 11) is 1.78. The van der Waals surface area contributed by atoms with Crippen molar-refractivity contribution in [3.63, 3.8) is 0 Å². The summed E-state index contributed by atoms with van der Waals surface area (Å²) in [6.07, 6.45) is 0.895. The molecule has 2 rings (SSSR count). The van der Waals surface area contributed by atoms with Gasteiger partial charge in [0.05, 0.1) is 16.4 Å². The highest BCUT2D eigenvalue weighted by Gasteiger charge is 2.20. The molecular weight excluding hydrogens is 371 g/mol. The highest BCUT2D eigenvalue weighted by Crippen LogP contribution is 2.33. The van der Waals surface area contributed by atoms with Crippen LogP contribution >= 0.6 is 43.5 Å². The van der Waals surface area contributed by atoms with Crippen molar-refractivity contribution in [2.75, 3.05) is 0 Å². The molecule has 0 amide bonds. The third kappa shape index (κ3) is 2.57. The molecule has 1 heterocycles. The van der Waals surface area contributed by atoms with Gasteiger partial charge in [0.1, 0.15) is 6.10 Å². The van der Waals surface area contributed by atoms with Crippen LogP contribution in [0.25, 0.3) is 0 Å². The van der Waals surface area contributed by atoms with Gasteiger partial charge in [0.2, 0.25) is 0 Å². The maximum atomic E-state index is 10.4. The zero-order valence-electron chi connectivity index (χ0n) is 8.86. The Labute approximate surface area is 121 Å². The van der Waals surface area contributed by atoms with E-state index in [2.05, 4.69) is 37.0 Å². The molecule has 1 unspecified atom stereocenters. The summed E-state index contributed by atoms with van der Waals surface area (Å²) in [5, 5.41) is 15.1. The number of aliphatic hydroxyl groups excluding tert-OH is 1. The van der Waals surface area contributed by atoms with Crippen molar-refractivity contribution in [3.8, 4) is 0 Å². The van der Waals surface area contributed by atoms with Crippen LogP contribution in [-0.2, 0) is 7.05 Å². The summed E-state index contributed by atoms with van der Waals surface area (Å²) in [4.78, 5) is 0. The van der Waals surface area contributed by atoms with Gasteiger partial charge in [-0.15, -0.1) is 0 Å². The van der Waals surface area contributed by atoms with E-state index in [1.165, 1.54) is 0 Å². The number of benzene rings is 1. The van der Waals surface area contributed by atoms with Gasteiger partial charge in [0.15, 0.2) is 0 Å². The summed E-state index contributed by atoms with van der Waals surface area (Å²) >= 11 is 12.6. The van der Waals surface area contributed by atoms with E-state index in [0.29, 0.717) is 10.7 Å². The minimum atomic E-state index is -0.761. The van der Waals surface area contributed by atoms with Crippen LogP contribution in [0.1, 0.15) is 17.4 Å². The number of nitrogens with zero attached hydrogens (tertiary/aromatic N) is 2. The smallest absolute Gasteiger partial charge is 0.123 e. The Morgan fingerprint density at radius 2 is 2.06 bits per heavy atom. The van der Waals surface area contributed by atoms with Gasteiger partial charge in [0.25, 0.3) is 0 Å². The van der Waals surface area contributed by atoms with Crippen LogP contribution < -0.4 is 0 Å². The molecule has 0 radical (unpaired) electrons. The summed E-state index contributed by atoms with van der Waals surface area (Å²) in [5.74, 6) is 0. The highest BCUT2D eigenvalue weighted by atomic mass is 79.9. The zero-order chi connectivity index (χ0) is 12.6. The number of aromatic nitrogens is 2. The van der Waals surface area contributed by atoms with Crippen molar-refractivity contribution in [1.29, 1.82) is 0 Å². The SMILES string of the molecule is Cn1ncc(Br)c1C(O)c1ccc(Cl)cc1Br. The molecule has 0 aliphatic carbocycles. The van der Waals surface area contributed by atoms with Gasteiger partial charge in [-0.3, -0.25) is 4.68 Å². The first-order valence-electron chi connectivity index (χ1n) is 4.81. The fraction of sp³-hybridized carbons (Fsp3) is 0.182. The van der Waals surface area contributed by atoms with Crippen LogP contribution in [0.2, 0.25) is 5.02 Å². The highest BCUT2D eigenvalue weighted by molar-refractivity contribution is 9.10. The fourth-order valence-electron chi connectivity index (χ4n) is 1.60. The van der Waals surface area contributed by atoms with E-state index in [1.54, 1.807) is 36.1 Å². The molecule has 6 heteroatoms. The topological polar surface area (TPSA) is 38.0 Å². The quantitative estimate of drug-likeness (QED) is 0.863. The normalized spacial score (nSPS) is 12.8. The van der Waals surface area contributed by atoms with Gasteiger partial charge in [-0.1, -0.05) is 33.6 Å². The van der Waals surface area contributed by atoms with E-state index < -0.39 is 6.10 Å². The third-order valence-electron chi connectivity index (χ3n) is 2.45. The number of hydrogen-bond acceptors (Lipinski definition) is 2. The molecule has 0 bridgehead atoms. The molecule has 2 aromatic rings. The minimum Gasteiger partial charge on any atom is -0.382 e. The molecule has 0 saturated carbocycles. The van der Waals surface area contributed by atoms with Crippen LogP contribution in [0.3, 0.4) is 0 Å². The Morgan fingerprint density at radius 1 is 1.35 bits per heavy atom. The second-order valence-corrected chi connectivity index (χ2v) is 5.71. The largest absolute Gasteiger partial charge is 0.382 e. The number of aryl methyl sites for hydroxylation is 1. The monoisotopic (exact) mass is 378 g/mol. The number of rotatable bonds is 2. The molecule has 0 aliphatic rings. The lowest BCUT2D eigenvalue weighted by atomic mass is 10.1. The molecule has 3 nitrogen and oxygen atoms in total. The Hall–Kier alpha value is -0.360. The summed E-state index contributed by atoms with van der Waals surface area (Å²) < 4.78 is 3.18. The van der Waals surface area contributed by atoms with Crippen molar-refractivity contribution in [1.82, 2.24) is 9.78 Å². The predicted octanol–water partition coefficient (Wildman–Crippen LogP) is 3.68. The molecule has 1 aromatic carbocycles. The van der Waals surface area contributed by atoms with Crippen molar-refractivity contribution in [3.05, 3.63) is 49.6 Å². The van der Waals surface area contributed by atoms with Gasteiger partial charge in [-0.2, -0.15) is 5.10 Å². The molecule has 90 valence electrons. The van der Waals surface area contributed by atoms with E-state index in [4.69, 9.17) is 11.6 Å². The molecule has 0 spiro atoms. The first kappa shape index (κ1) is 13.1. The van der Waals surface area contributed by atoms with Gasteiger partial charge in [-0.25, -0.2) is 0 Å². The van der Waals surface area contributed by atoms with Crippen LogP contribution in [0.15, 0.2) is 33.3 Å². The van der Waals surface area contributed by atoms with Crippen LogP contribution in [0, 0.1) is 0 Å². The van der Waals surface area contributed by atoms with E-state index >= 15 is 0 Å². The first-order chi connectivity index (χ1) is 8.00. The lowest BCUT2D eigenvalue weighted by Crippen LogP contribution is -2.07. The van der Waals surface area contributed by atoms with Crippen LogP contribution in [-0.4, -0.2) is 14.9 Å². The second-order valence-electron chi connectivity index (χ2n) is 3.57. The Morgan fingerprint density at radius 3 is 2.59 bits per heavy atom. The van der Waals surface area contributed by atoms with Gasteiger partial charge < -0.3 is 5.11 Å². The Bertz CT molecular complexity index is 537. The maximum Gasteiger partial charge on any atom is 0.123 e. The Kier molecular flexibility index (Phi) is 3.92. The standard InChI is InChI=1S/C11H9Br2ClN2O/c1-16-10(9(13)5-15-16)11(17)7-3-2-6(14)4-8(7)12/h2-5,11,17H,1H3. The lowest BCUT2D eigenvalue weighted by molar-refractivity contribution is 0.208. The fourth-order valence-corrected chi connectivity index (χ4v) is 3.06. The first-order valence-corrected chi connectivity index (χ1v) is 6.77. The summed E-state index contributed by atoms with van der Waals surface area (Å²) in [6.45, 7) is 0. The van der Waals surface area contributed by atoms with Crippen molar-refractivity contribution < 1.29 is 5.11 Å². The molecule has 1 atom stereocenters. The molecule has 1 N–H and O–H groups in total. The lowest BCUT2D eigenvalue weighted by Gasteiger charge is -2.14. The number of aliphatic hydroxyl groups is 1. The predicted molar refractivity (Wildman–Crippen MR) is 74.1 cm³/mol. The molecule has 0 saturated heterocycles. The molecular formula is C11H9Br2ClN2O. The van der Waals surface area contributed by atoms with Crippen molar-refractivity contribution in [2.45, 2.75) is 6.10 Å². The van der Waals surface area contributed by atoms with Gasteiger partial charge in [-0.05, 0) is 28.1 Å². The summed E-state index contributed by atoms with van der Waals surface area (Å²) in [6, 6.07) is 5.29. The molecule has 0 aliphatic heterocycles. The molecule has 0 fully saturated rings. The zero-order valence-corrected chi connectivity index (χ0v) is 12.8. The van der Waals surface area contributed by atoms with Gasteiger partial charge >= 0.3 is 0 Å². The average Bonchev–Trinajstić information content (AvgIpc) is 2.58. The molecule has 1 aromatic heterocycles. The number of halogens is 3. The summed E-state index contributed by atoms with van der Waals surface area (Å²) in [5.41, 5.74) is 1.45. The Balaban J connectivity index is 2.47. The molecule has 17 heavy (non-hydrogen) atoms. The van der Waals surface area contributed by atoms with E-state index in [9.17, 15) is 5.11 Å². The van der Waals surface area contributed by atoms with Crippen LogP contribution in [0.4, 0.5) is 0 Å². The van der Waals surface area contributed by atoms with Crippen molar-refractivity contribution >= 4 is 43.5 Å². The van der Waals surface area contributed by atoms with Crippen LogP contribution in [0.5, 0.6) is 0 Å².